The van der Waals surface area contributed by atoms with Crippen molar-refractivity contribution in [3.05, 3.63) is 29.8 Å². The Hall–Kier alpha value is -1.69. The average molecular weight is 298 g/mol. The number of carbonyl (C=O) groups excluding carboxylic acids is 1. The Labute approximate surface area is 122 Å². The van der Waals surface area contributed by atoms with E-state index < -0.39 is 6.61 Å². The highest BCUT2D eigenvalue weighted by Crippen LogP contribution is 2.27. The van der Waals surface area contributed by atoms with Crippen LogP contribution in [0.5, 0.6) is 5.75 Å². The molecule has 2 atom stereocenters. The van der Waals surface area contributed by atoms with Gasteiger partial charge >= 0.3 is 6.61 Å². The molecule has 1 aliphatic rings. The predicted octanol–water partition coefficient (Wildman–Crippen LogP) is 2.49. The van der Waals surface area contributed by atoms with Gasteiger partial charge in [0.1, 0.15) is 5.75 Å². The summed E-state index contributed by atoms with van der Waals surface area (Å²) in [4.78, 5) is 14.3. The van der Waals surface area contributed by atoms with Crippen LogP contribution in [0.15, 0.2) is 24.3 Å². The number of alkyl halides is 2. The molecule has 4 nitrogen and oxygen atoms in total. The van der Waals surface area contributed by atoms with Crippen LogP contribution in [0.1, 0.15) is 30.1 Å². The summed E-state index contributed by atoms with van der Waals surface area (Å²) >= 11 is 0. The summed E-state index contributed by atoms with van der Waals surface area (Å²) in [6.07, 6.45) is 1.85. The van der Waals surface area contributed by atoms with Gasteiger partial charge in [-0.15, -0.1) is 0 Å². The fourth-order valence-corrected chi connectivity index (χ4v) is 2.65. The van der Waals surface area contributed by atoms with Crippen molar-refractivity contribution < 1.29 is 18.3 Å². The molecule has 1 fully saturated rings. The number of nitrogens with two attached hydrogens (primary N) is 1. The van der Waals surface area contributed by atoms with Gasteiger partial charge in [0, 0.05) is 12.6 Å². The van der Waals surface area contributed by atoms with Crippen molar-refractivity contribution in [3.8, 4) is 5.75 Å². The molecule has 0 aliphatic carbocycles. The normalized spacial score (nSPS) is 22.4. The maximum absolute atomic E-state index is 12.6. The lowest BCUT2D eigenvalue weighted by atomic mass is 9.93. The molecule has 6 heteroatoms. The highest BCUT2D eigenvalue weighted by molar-refractivity contribution is 5.97. The molecule has 0 spiro atoms. The molecule has 1 saturated heterocycles. The SMILES string of the molecule is CC1CCC(CN)CN1C(=O)c1ccccc1OC(F)F. The zero-order chi connectivity index (χ0) is 15.4. The number of carbonyl (C=O) groups is 1. The topological polar surface area (TPSA) is 55.6 Å². The molecule has 0 saturated carbocycles. The Morgan fingerprint density at radius 1 is 1.43 bits per heavy atom. The second-order valence-corrected chi connectivity index (χ2v) is 5.36. The molecule has 1 aromatic rings. The van der Waals surface area contributed by atoms with Crippen LogP contribution in [0.25, 0.3) is 0 Å². The summed E-state index contributed by atoms with van der Waals surface area (Å²) in [5, 5.41) is 0. The van der Waals surface area contributed by atoms with Gasteiger partial charge in [-0.25, -0.2) is 0 Å². The van der Waals surface area contributed by atoms with Gasteiger partial charge in [-0.1, -0.05) is 12.1 Å². The third-order valence-electron chi connectivity index (χ3n) is 3.91. The van der Waals surface area contributed by atoms with E-state index >= 15 is 0 Å². The number of benzene rings is 1. The van der Waals surface area contributed by atoms with Crippen LogP contribution in [0.3, 0.4) is 0 Å². The van der Waals surface area contributed by atoms with Crippen LogP contribution in [-0.2, 0) is 0 Å². The summed E-state index contributed by atoms with van der Waals surface area (Å²) in [6, 6.07) is 6.17. The molecule has 0 bridgehead atoms. The number of nitrogens with zero attached hydrogens (tertiary/aromatic N) is 1. The Bertz CT molecular complexity index is 496. The number of likely N-dealkylation sites (tertiary alicyclic amines) is 1. The van der Waals surface area contributed by atoms with Gasteiger partial charge in [0.15, 0.2) is 0 Å². The maximum atomic E-state index is 12.6. The van der Waals surface area contributed by atoms with Crippen molar-refractivity contribution >= 4 is 5.91 Å². The molecule has 1 aromatic carbocycles. The smallest absolute Gasteiger partial charge is 0.387 e. The van der Waals surface area contributed by atoms with Crippen molar-refractivity contribution in [1.29, 1.82) is 0 Å². The summed E-state index contributed by atoms with van der Waals surface area (Å²) < 4.78 is 29.3. The van der Waals surface area contributed by atoms with E-state index in [-0.39, 0.29) is 29.2 Å². The van der Waals surface area contributed by atoms with Crippen molar-refractivity contribution in [2.45, 2.75) is 32.4 Å². The van der Waals surface area contributed by atoms with Crippen LogP contribution in [0.2, 0.25) is 0 Å². The summed E-state index contributed by atoms with van der Waals surface area (Å²) in [7, 11) is 0. The first kappa shape index (κ1) is 15.7. The van der Waals surface area contributed by atoms with Crippen molar-refractivity contribution in [1.82, 2.24) is 4.90 Å². The minimum Gasteiger partial charge on any atom is -0.434 e. The lowest BCUT2D eigenvalue weighted by molar-refractivity contribution is -0.0503. The molecule has 21 heavy (non-hydrogen) atoms. The number of ether oxygens (including phenoxy) is 1. The van der Waals surface area contributed by atoms with Gasteiger partial charge in [-0.2, -0.15) is 8.78 Å². The molecule has 1 amide bonds. The van der Waals surface area contributed by atoms with Gasteiger partial charge in [-0.3, -0.25) is 4.79 Å². The largest absolute Gasteiger partial charge is 0.434 e. The van der Waals surface area contributed by atoms with E-state index in [0.29, 0.717) is 13.1 Å². The zero-order valence-corrected chi connectivity index (χ0v) is 12.0. The number of hydrogen-bond acceptors (Lipinski definition) is 3. The third kappa shape index (κ3) is 3.69. The van der Waals surface area contributed by atoms with Gasteiger partial charge in [0.2, 0.25) is 0 Å². The first-order valence-electron chi connectivity index (χ1n) is 7.07. The minimum atomic E-state index is -2.95. The van der Waals surface area contributed by atoms with E-state index in [1.807, 2.05) is 6.92 Å². The number of piperidine rings is 1. The second kappa shape index (κ2) is 6.85. The summed E-state index contributed by atoms with van der Waals surface area (Å²) in [6.45, 7) is 0.0846. The fourth-order valence-electron chi connectivity index (χ4n) is 2.65. The van der Waals surface area contributed by atoms with Crippen molar-refractivity contribution in [2.75, 3.05) is 13.1 Å². The number of para-hydroxylation sites is 1. The molecular formula is C15H20F2N2O2. The first-order chi connectivity index (χ1) is 10.0. The maximum Gasteiger partial charge on any atom is 0.387 e. The minimum absolute atomic E-state index is 0.0694. The van der Waals surface area contributed by atoms with E-state index in [2.05, 4.69) is 4.74 Å². The summed E-state index contributed by atoms with van der Waals surface area (Å²) in [5.74, 6) is -0.107. The summed E-state index contributed by atoms with van der Waals surface area (Å²) in [5.41, 5.74) is 5.85. The van der Waals surface area contributed by atoms with Gasteiger partial charge in [0.25, 0.3) is 5.91 Å². The van der Waals surface area contributed by atoms with Gasteiger partial charge in [0.05, 0.1) is 5.56 Å². The van der Waals surface area contributed by atoms with Crippen LogP contribution < -0.4 is 10.5 Å². The molecule has 116 valence electrons. The molecule has 2 unspecified atom stereocenters. The Morgan fingerprint density at radius 2 is 2.14 bits per heavy atom. The van der Waals surface area contributed by atoms with Gasteiger partial charge in [-0.05, 0) is 44.4 Å². The Kier molecular flexibility index (Phi) is 5.12. The molecule has 1 aliphatic heterocycles. The highest BCUT2D eigenvalue weighted by atomic mass is 19.3. The van der Waals surface area contributed by atoms with Gasteiger partial charge < -0.3 is 15.4 Å². The van der Waals surface area contributed by atoms with E-state index in [4.69, 9.17) is 5.73 Å². The van der Waals surface area contributed by atoms with Crippen LogP contribution in [0.4, 0.5) is 8.78 Å². The molecule has 0 radical (unpaired) electrons. The number of amides is 1. The van der Waals surface area contributed by atoms with Crippen LogP contribution >= 0.6 is 0 Å². The quantitative estimate of drug-likeness (QED) is 0.929. The Balaban J connectivity index is 2.22. The monoisotopic (exact) mass is 298 g/mol. The lowest BCUT2D eigenvalue weighted by Crippen LogP contribution is -2.47. The van der Waals surface area contributed by atoms with Crippen LogP contribution in [0, 0.1) is 5.92 Å². The highest BCUT2D eigenvalue weighted by Gasteiger charge is 2.30. The standard InChI is InChI=1S/C15H20F2N2O2/c1-10-6-7-11(8-18)9-19(10)14(20)12-4-2-3-5-13(12)21-15(16)17/h2-5,10-11,15H,6-9,18H2,1H3. The van der Waals surface area contributed by atoms with E-state index in [9.17, 15) is 13.6 Å². The molecule has 2 N–H and O–H groups in total. The van der Waals surface area contributed by atoms with Crippen molar-refractivity contribution in [3.63, 3.8) is 0 Å². The number of hydrogen-bond donors (Lipinski definition) is 1. The van der Waals surface area contributed by atoms with E-state index in [1.165, 1.54) is 12.1 Å². The van der Waals surface area contributed by atoms with Crippen molar-refractivity contribution in [2.24, 2.45) is 11.7 Å². The predicted molar refractivity (Wildman–Crippen MR) is 75.4 cm³/mol. The van der Waals surface area contributed by atoms with E-state index in [0.717, 1.165) is 12.8 Å². The zero-order valence-electron chi connectivity index (χ0n) is 12.0. The number of halogens is 2. The lowest BCUT2D eigenvalue weighted by Gasteiger charge is -2.38. The average Bonchev–Trinajstić information content (AvgIpc) is 2.47. The molecule has 1 heterocycles. The molecular weight excluding hydrogens is 278 g/mol. The molecule has 0 aromatic heterocycles. The fraction of sp³-hybridized carbons (Fsp3) is 0.533. The van der Waals surface area contributed by atoms with Crippen LogP contribution in [-0.4, -0.2) is 36.5 Å². The van der Waals surface area contributed by atoms with E-state index in [1.54, 1.807) is 17.0 Å². The molecule has 2 rings (SSSR count). The number of rotatable bonds is 4. The third-order valence-corrected chi connectivity index (χ3v) is 3.91. The Morgan fingerprint density at radius 3 is 2.81 bits per heavy atom. The second-order valence-electron chi connectivity index (χ2n) is 5.36. The first-order valence-corrected chi connectivity index (χ1v) is 7.07.